The molecule has 0 spiro atoms. The van der Waals surface area contributed by atoms with E-state index in [1.54, 1.807) is 37.5 Å². The molecule has 2 heteroatoms. The molecule has 0 fully saturated rings. The van der Waals surface area contributed by atoms with Gasteiger partial charge >= 0.3 is 0 Å². The predicted octanol–water partition coefficient (Wildman–Crippen LogP) is 6.33. The van der Waals surface area contributed by atoms with Crippen molar-refractivity contribution in [2.24, 2.45) is 0 Å². The summed E-state index contributed by atoms with van der Waals surface area (Å²) >= 11 is 0. The van der Waals surface area contributed by atoms with Gasteiger partial charge in [0.1, 0.15) is 0 Å². The lowest BCUT2D eigenvalue weighted by Crippen LogP contribution is -3.00. The van der Waals surface area contributed by atoms with Crippen LogP contribution in [0.3, 0.4) is 0 Å². The van der Waals surface area contributed by atoms with E-state index in [1.165, 1.54) is 89.9 Å². The molecular weight excluding hydrogens is 355 g/mol. The number of rotatable bonds is 20. The Morgan fingerprint density at radius 3 is 0.885 bits per heavy atom. The summed E-state index contributed by atoms with van der Waals surface area (Å²) in [6.45, 7) is 9.41. The molecule has 0 saturated carbocycles. The monoisotopic (exact) mass is 406 g/mol. The number of hydrogen-bond donors (Lipinski definition) is 0. The zero-order valence-corrected chi connectivity index (χ0v) is 20.6. The standard InChI is InChI=1S/C24H52P.ClH/c1-5-9-13-15-19-23-25(21-17-11-7-3,22-18-12-8-4)24-20-16-14-10-6-2;/h5-24H2,1-4H3;1H/q+1;/p-1. The minimum Gasteiger partial charge on any atom is -1.00 e. The average molecular weight is 407 g/mol. The van der Waals surface area contributed by atoms with Crippen LogP contribution in [0.4, 0.5) is 0 Å². The third-order valence-electron chi connectivity index (χ3n) is 5.94. The van der Waals surface area contributed by atoms with E-state index in [0.717, 1.165) is 0 Å². The minimum absolute atomic E-state index is 0. The summed E-state index contributed by atoms with van der Waals surface area (Å²) in [6, 6.07) is 0. The molecule has 0 aromatic carbocycles. The van der Waals surface area contributed by atoms with Crippen molar-refractivity contribution in [3.63, 3.8) is 0 Å². The molecule has 0 aliphatic rings. The van der Waals surface area contributed by atoms with Gasteiger partial charge in [0.2, 0.25) is 0 Å². The molecule has 26 heavy (non-hydrogen) atoms. The highest BCUT2D eigenvalue weighted by atomic mass is 35.5. The van der Waals surface area contributed by atoms with Gasteiger partial charge in [-0.1, -0.05) is 91.9 Å². The maximum absolute atomic E-state index is 2.37. The summed E-state index contributed by atoms with van der Waals surface area (Å²) < 4.78 is 0. The Kier molecular flexibility index (Phi) is 24.5. The van der Waals surface area contributed by atoms with Crippen LogP contribution in [0.1, 0.15) is 130 Å². The quantitative estimate of drug-likeness (QED) is 0.164. The van der Waals surface area contributed by atoms with Gasteiger partial charge in [-0.25, -0.2) is 0 Å². The summed E-state index contributed by atoms with van der Waals surface area (Å²) in [5.41, 5.74) is 0. The highest BCUT2D eigenvalue weighted by Gasteiger charge is 2.34. The molecule has 0 aliphatic heterocycles. The largest absolute Gasteiger partial charge is 1.00 e. The Hall–Kier alpha value is 0.720. The molecule has 0 rings (SSSR count). The molecule has 0 saturated heterocycles. The summed E-state index contributed by atoms with van der Waals surface area (Å²) in [5, 5.41) is 0. The molecule has 0 aromatic rings. The van der Waals surface area contributed by atoms with Crippen LogP contribution in [0, 0.1) is 0 Å². The molecule has 0 aromatic heterocycles. The third kappa shape index (κ3) is 16.9. The first-order valence-corrected chi connectivity index (χ1v) is 14.6. The summed E-state index contributed by atoms with van der Waals surface area (Å²) in [6.07, 6.45) is 30.1. The molecule has 0 aliphatic carbocycles. The van der Waals surface area contributed by atoms with Crippen molar-refractivity contribution in [1.82, 2.24) is 0 Å². The Morgan fingerprint density at radius 1 is 0.346 bits per heavy atom. The van der Waals surface area contributed by atoms with Crippen molar-refractivity contribution in [2.45, 2.75) is 130 Å². The molecule has 0 amide bonds. The van der Waals surface area contributed by atoms with Crippen molar-refractivity contribution in [3.05, 3.63) is 0 Å². The molecule has 0 bridgehead atoms. The van der Waals surface area contributed by atoms with Gasteiger partial charge < -0.3 is 12.4 Å². The van der Waals surface area contributed by atoms with Crippen LogP contribution in [0.15, 0.2) is 0 Å². The van der Waals surface area contributed by atoms with E-state index in [4.69, 9.17) is 0 Å². The lowest BCUT2D eigenvalue weighted by atomic mass is 10.2. The van der Waals surface area contributed by atoms with Gasteiger partial charge in [-0.3, -0.25) is 0 Å². The molecule has 0 nitrogen and oxygen atoms in total. The normalized spacial score (nSPS) is 11.5. The smallest absolute Gasteiger partial charge is 0.0594 e. The van der Waals surface area contributed by atoms with Gasteiger partial charge in [0.05, 0.1) is 24.6 Å². The second kappa shape index (κ2) is 22.0. The van der Waals surface area contributed by atoms with E-state index < -0.39 is 7.26 Å². The minimum atomic E-state index is -0.653. The molecule has 0 atom stereocenters. The topological polar surface area (TPSA) is 0 Å². The van der Waals surface area contributed by atoms with Gasteiger partial charge in [-0.2, -0.15) is 0 Å². The summed E-state index contributed by atoms with van der Waals surface area (Å²) in [7, 11) is -0.653. The van der Waals surface area contributed by atoms with E-state index in [9.17, 15) is 0 Å². The van der Waals surface area contributed by atoms with Crippen molar-refractivity contribution >= 4 is 7.26 Å². The van der Waals surface area contributed by atoms with Gasteiger partial charge in [-0.05, 0) is 38.5 Å². The first kappa shape index (κ1) is 28.9. The first-order valence-electron chi connectivity index (χ1n) is 12.1. The van der Waals surface area contributed by atoms with Crippen LogP contribution in [0.25, 0.3) is 0 Å². The number of unbranched alkanes of at least 4 members (excludes halogenated alkanes) is 12. The van der Waals surface area contributed by atoms with Crippen molar-refractivity contribution in [3.8, 4) is 0 Å². The Morgan fingerprint density at radius 2 is 0.577 bits per heavy atom. The highest BCUT2D eigenvalue weighted by molar-refractivity contribution is 7.75. The number of hydrogen-bond acceptors (Lipinski definition) is 0. The molecular formula is C24H52ClP. The highest BCUT2D eigenvalue weighted by Crippen LogP contribution is 2.61. The van der Waals surface area contributed by atoms with Crippen LogP contribution in [0.2, 0.25) is 0 Å². The van der Waals surface area contributed by atoms with Crippen LogP contribution in [-0.4, -0.2) is 24.6 Å². The fourth-order valence-electron chi connectivity index (χ4n) is 4.17. The molecule has 0 radical (unpaired) electrons. The zero-order valence-electron chi connectivity index (χ0n) is 19.0. The van der Waals surface area contributed by atoms with Gasteiger partial charge in [-0.15, -0.1) is 0 Å². The lowest BCUT2D eigenvalue weighted by molar-refractivity contribution is -0.00000580. The molecule has 160 valence electrons. The van der Waals surface area contributed by atoms with Gasteiger partial charge in [0.25, 0.3) is 0 Å². The van der Waals surface area contributed by atoms with E-state index in [1.807, 2.05) is 0 Å². The molecule has 0 N–H and O–H groups in total. The van der Waals surface area contributed by atoms with Crippen LogP contribution < -0.4 is 12.4 Å². The van der Waals surface area contributed by atoms with E-state index >= 15 is 0 Å². The second-order valence-corrected chi connectivity index (χ2v) is 13.0. The van der Waals surface area contributed by atoms with Crippen molar-refractivity contribution < 1.29 is 12.4 Å². The maximum atomic E-state index is 2.37. The first-order chi connectivity index (χ1) is 12.2. The van der Waals surface area contributed by atoms with Crippen LogP contribution in [0.5, 0.6) is 0 Å². The lowest BCUT2D eigenvalue weighted by Gasteiger charge is -2.28. The average Bonchev–Trinajstić information content (AvgIpc) is 2.62. The molecule has 0 heterocycles. The predicted molar refractivity (Wildman–Crippen MR) is 123 cm³/mol. The summed E-state index contributed by atoms with van der Waals surface area (Å²) in [4.78, 5) is 0. The third-order valence-corrected chi connectivity index (χ3v) is 11.0. The van der Waals surface area contributed by atoms with Gasteiger partial charge in [0, 0.05) is 7.26 Å². The SMILES string of the molecule is CCCCCCC[P+](CCCCC)(CCCCC)CCCCCCC.[Cl-]. The molecule has 0 unspecified atom stereocenters. The van der Waals surface area contributed by atoms with E-state index in [-0.39, 0.29) is 12.4 Å². The van der Waals surface area contributed by atoms with E-state index in [2.05, 4.69) is 27.7 Å². The zero-order chi connectivity index (χ0) is 18.6. The Labute approximate surface area is 174 Å². The van der Waals surface area contributed by atoms with Crippen molar-refractivity contribution in [1.29, 1.82) is 0 Å². The van der Waals surface area contributed by atoms with Crippen LogP contribution in [-0.2, 0) is 0 Å². The second-order valence-electron chi connectivity index (χ2n) is 8.48. The van der Waals surface area contributed by atoms with Gasteiger partial charge in [0.15, 0.2) is 0 Å². The Bertz CT molecular complexity index is 229. The maximum Gasteiger partial charge on any atom is 0.0594 e. The fraction of sp³-hybridized carbons (Fsp3) is 1.00. The van der Waals surface area contributed by atoms with E-state index in [0.29, 0.717) is 0 Å². The summed E-state index contributed by atoms with van der Waals surface area (Å²) in [5.74, 6) is 0. The Balaban J connectivity index is 0. The van der Waals surface area contributed by atoms with Crippen molar-refractivity contribution in [2.75, 3.05) is 24.6 Å². The fourth-order valence-corrected chi connectivity index (χ4v) is 9.09. The number of halogens is 1. The van der Waals surface area contributed by atoms with Crippen LogP contribution >= 0.6 is 7.26 Å².